The monoisotopic (exact) mass is 236 g/mol. The average Bonchev–Trinajstić information content (AvgIpc) is 2.34. The van der Waals surface area contributed by atoms with E-state index in [4.69, 9.17) is 10.5 Å². The van der Waals surface area contributed by atoms with Gasteiger partial charge in [-0.2, -0.15) is 0 Å². The topological polar surface area (TPSA) is 48.1 Å². The number of aryl methyl sites for hydroxylation is 1. The summed E-state index contributed by atoms with van der Waals surface area (Å²) in [7, 11) is 0. The van der Waals surface area contributed by atoms with Crippen molar-refractivity contribution in [2.45, 2.75) is 46.6 Å². The first-order valence-electron chi connectivity index (χ1n) is 6.48. The number of ether oxygens (including phenoxy) is 1. The molecule has 3 heteroatoms. The molecule has 0 fully saturated rings. The van der Waals surface area contributed by atoms with E-state index in [9.17, 15) is 0 Å². The van der Waals surface area contributed by atoms with Crippen LogP contribution in [0.4, 0.5) is 0 Å². The van der Waals surface area contributed by atoms with E-state index in [0.29, 0.717) is 12.4 Å². The number of nitrogens with two attached hydrogens (primary N) is 1. The van der Waals surface area contributed by atoms with Gasteiger partial charge >= 0.3 is 0 Å². The predicted molar refractivity (Wildman–Crippen MR) is 71.1 cm³/mol. The van der Waals surface area contributed by atoms with Gasteiger partial charge in [-0.15, -0.1) is 0 Å². The highest BCUT2D eigenvalue weighted by molar-refractivity contribution is 5.25. The summed E-state index contributed by atoms with van der Waals surface area (Å²) in [4.78, 5) is 4.44. The first-order chi connectivity index (χ1) is 8.15. The highest BCUT2D eigenvalue weighted by Crippen LogP contribution is 2.14. The van der Waals surface area contributed by atoms with Crippen LogP contribution in [0.2, 0.25) is 0 Å². The quantitative estimate of drug-likeness (QED) is 0.740. The predicted octanol–water partition coefficient (Wildman–Crippen LogP) is 2.92. The van der Waals surface area contributed by atoms with Gasteiger partial charge in [-0.3, -0.25) is 0 Å². The molecule has 0 aliphatic carbocycles. The lowest BCUT2D eigenvalue weighted by Crippen LogP contribution is -2.05. The van der Waals surface area contributed by atoms with E-state index in [1.165, 1.54) is 6.42 Å². The van der Waals surface area contributed by atoms with Gasteiger partial charge in [-0.25, -0.2) is 4.98 Å². The molecule has 96 valence electrons. The van der Waals surface area contributed by atoms with E-state index in [0.717, 1.165) is 36.6 Å². The van der Waals surface area contributed by atoms with Crippen molar-refractivity contribution in [1.82, 2.24) is 4.98 Å². The largest absolute Gasteiger partial charge is 0.478 e. The third-order valence-electron chi connectivity index (χ3n) is 2.69. The fourth-order valence-electron chi connectivity index (χ4n) is 1.66. The lowest BCUT2D eigenvalue weighted by Gasteiger charge is -2.09. The van der Waals surface area contributed by atoms with Crippen molar-refractivity contribution in [3.63, 3.8) is 0 Å². The Bertz CT molecular complexity index is 315. The zero-order chi connectivity index (χ0) is 12.7. The number of hydrogen-bond donors (Lipinski definition) is 1. The molecule has 0 radical (unpaired) electrons. The number of pyridine rings is 1. The van der Waals surface area contributed by atoms with Gasteiger partial charge in [-0.05, 0) is 36.8 Å². The van der Waals surface area contributed by atoms with Gasteiger partial charge in [0.2, 0.25) is 5.88 Å². The van der Waals surface area contributed by atoms with Crippen LogP contribution in [0, 0.1) is 5.92 Å². The lowest BCUT2D eigenvalue weighted by molar-refractivity contribution is 0.286. The van der Waals surface area contributed by atoms with Gasteiger partial charge in [0.05, 0.1) is 6.61 Å². The van der Waals surface area contributed by atoms with Crippen LogP contribution in [0.1, 0.15) is 44.9 Å². The van der Waals surface area contributed by atoms with Gasteiger partial charge in [-0.1, -0.05) is 20.8 Å². The van der Waals surface area contributed by atoms with Crippen LogP contribution in [0.3, 0.4) is 0 Å². The fourth-order valence-corrected chi connectivity index (χ4v) is 1.66. The minimum atomic E-state index is 0.540. The average molecular weight is 236 g/mol. The zero-order valence-corrected chi connectivity index (χ0v) is 11.2. The smallest absolute Gasteiger partial charge is 0.213 e. The molecule has 1 rings (SSSR count). The standard InChI is InChI=1S/C14H24N2O/c1-4-13-8-12(10-15)9-14(16-13)17-7-5-6-11(2)3/h8-9,11H,4-7,10,15H2,1-3H3. The third-order valence-corrected chi connectivity index (χ3v) is 2.69. The van der Waals surface area contributed by atoms with Crippen LogP contribution in [0.25, 0.3) is 0 Å². The van der Waals surface area contributed by atoms with Crippen LogP contribution in [0.15, 0.2) is 12.1 Å². The van der Waals surface area contributed by atoms with E-state index < -0.39 is 0 Å². The molecule has 0 unspecified atom stereocenters. The van der Waals surface area contributed by atoms with Crippen LogP contribution in [-0.4, -0.2) is 11.6 Å². The molecule has 0 bridgehead atoms. The molecule has 0 spiro atoms. The number of aromatic nitrogens is 1. The van der Waals surface area contributed by atoms with Crippen molar-refractivity contribution >= 4 is 0 Å². The molecular formula is C14H24N2O. The number of hydrogen-bond acceptors (Lipinski definition) is 3. The number of nitrogens with zero attached hydrogens (tertiary/aromatic N) is 1. The zero-order valence-electron chi connectivity index (χ0n) is 11.2. The molecule has 1 aromatic heterocycles. The highest BCUT2D eigenvalue weighted by Gasteiger charge is 2.02. The Morgan fingerprint density at radius 3 is 2.71 bits per heavy atom. The minimum Gasteiger partial charge on any atom is -0.478 e. The van der Waals surface area contributed by atoms with E-state index >= 15 is 0 Å². The van der Waals surface area contributed by atoms with Crippen molar-refractivity contribution in [2.24, 2.45) is 11.7 Å². The summed E-state index contributed by atoms with van der Waals surface area (Å²) in [6.45, 7) is 7.82. The normalized spacial score (nSPS) is 10.9. The Morgan fingerprint density at radius 2 is 2.12 bits per heavy atom. The van der Waals surface area contributed by atoms with Crippen LogP contribution in [0.5, 0.6) is 5.88 Å². The van der Waals surface area contributed by atoms with Crippen molar-refractivity contribution in [1.29, 1.82) is 0 Å². The molecule has 0 aliphatic heterocycles. The molecule has 0 aromatic carbocycles. The maximum absolute atomic E-state index is 5.67. The van der Waals surface area contributed by atoms with E-state index in [2.05, 4.69) is 25.8 Å². The van der Waals surface area contributed by atoms with E-state index in [1.54, 1.807) is 0 Å². The molecule has 0 aliphatic rings. The highest BCUT2D eigenvalue weighted by atomic mass is 16.5. The SMILES string of the molecule is CCc1cc(CN)cc(OCCCC(C)C)n1. The van der Waals surface area contributed by atoms with Gasteiger partial charge in [0.1, 0.15) is 0 Å². The molecule has 17 heavy (non-hydrogen) atoms. The lowest BCUT2D eigenvalue weighted by atomic mass is 10.1. The van der Waals surface area contributed by atoms with E-state index in [1.807, 2.05) is 12.1 Å². The molecule has 0 saturated carbocycles. The summed E-state index contributed by atoms with van der Waals surface area (Å²) >= 11 is 0. The van der Waals surface area contributed by atoms with Crippen molar-refractivity contribution in [2.75, 3.05) is 6.61 Å². The Kier molecular flexibility index (Phi) is 5.98. The molecule has 1 heterocycles. The summed E-state index contributed by atoms with van der Waals surface area (Å²) in [6, 6.07) is 3.98. The summed E-state index contributed by atoms with van der Waals surface area (Å²) in [5, 5.41) is 0. The molecule has 0 saturated heterocycles. The molecule has 3 nitrogen and oxygen atoms in total. The summed E-state index contributed by atoms with van der Waals surface area (Å²) < 4.78 is 5.67. The van der Waals surface area contributed by atoms with E-state index in [-0.39, 0.29) is 0 Å². The second kappa shape index (κ2) is 7.28. The third kappa shape index (κ3) is 5.18. The second-order valence-electron chi connectivity index (χ2n) is 4.75. The molecule has 0 amide bonds. The van der Waals surface area contributed by atoms with Crippen LogP contribution < -0.4 is 10.5 Å². The van der Waals surface area contributed by atoms with Gasteiger partial charge in [0.25, 0.3) is 0 Å². The molecular weight excluding hydrogens is 212 g/mol. The molecule has 2 N–H and O–H groups in total. The van der Waals surface area contributed by atoms with Crippen molar-refractivity contribution in [3.05, 3.63) is 23.4 Å². The van der Waals surface area contributed by atoms with Crippen molar-refractivity contribution in [3.8, 4) is 5.88 Å². The molecule has 1 aromatic rings. The maximum Gasteiger partial charge on any atom is 0.213 e. The second-order valence-corrected chi connectivity index (χ2v) is 4.75. The van der Waals surface area contributed by atoms with Gasteiger partial charge in [0.15, 0.2) is 0 Å². The first-order valence-corrected chi connectivity index (χ1v) is 6.48. The molecule has 0 atom stereocenters. The summed E-state index contributed by atoms with van der Waals surface area (Å²) in [5.74, 6) is 1.45. The number of rotatable bonds is 7. The first kappa shape index (κ1) is 14.0. The maximum atomic E-state index is 5.67. The van der Waals surface area contributed by atoms with Gasteiger partial charge < -0.3 is 10.5 Å². The van der Waals surface area contributed by atoms with Gasteiger partial charge in [0, 0.05) is 18.3 Å². The summed E-state index contributed by atoms with van der Waals surface area (Å²) in [5.41, 5.74) is 7.79. The van der Waals surface area contributed by atoms with Crippen molar-refractivity contribution < 1.29 is 4.74 Å². The van der Waals surface area contributed by atoms with Crippen LogP contribution in [-0.2, 0) is 13.0 Å². The summed E-state index contributed by atoms with van der Waals surface area (Å²) in [6.07, 6.45) is 3.18. The fraction of sp³-hybridized carbons (Fsp3) is 0.643. The Hall–Kier alpha value is -1.09. The Balaban J connectivity index is 2.51. The van der Waals surface area contributed by atoms with Crippen LogP contribution >= 0.6 is 0 Å². The Labute approximate surface area is 104 Å². The minimum absolute atomic E-state index is 0.540. The Morgan fingerprint density at radius 1 is 1.35 bits per heavy atom.